The maximum atomic E-state index is 9.48. The molecule has 1 heterocycles. The Hall–Kier alpha value is -0.880. The average Bonchev–Trinajstić information content (AvgIpc) is 2.19. The number of anilines is 1. The van der Waals surface area contributed by atoms with Crippen LogP contribution in [0.25, 0.3) is 0 Å². The Balaban J connectivity index is 2.99. The molecule has 1 aromatic heterocycles. The number of halogens is 1. The van der Waals surface area contributed by atoms with Gasteiger partial charge in [0, 0.05) is 0 Å². The van der Waals surface area contributed by atoms with Crippen LogP contribution in [-0.2, 0) is 0 Å². The maximum Gasteiger partial charge on any atom is 0.129 e. The van der Waals surface area contributed by atoms with E-state index >= 15 is 0 Å². The van der Waals surface area contributed by atoms with E-state index in [2.05, 4.69) is 4.98 Å². The minimum atomic E-state index is -1.33. The number of hydrogen-bond donors (Lipinski definition) is 4. The Labute approximate surface area is 85.8 Å². The quantitative estimate of drug-likeness (QED) is 0.523. The number of pyridine rings is 1. The van der Waals surface area contributed by atoms with Crippen molar-refractivity contribution in [1.82, 2.24) is 4.98 Å². The number of rotatable bonds is 3. The van der Waals surface area contributed by atoms with Gasteiger partial charge in [0.1, 0.15) is 17.4 Å². The zero-order valence-electron chi connectivity index (χ0n) is 7.26. The van der Waals surface area contributed by atoms with E-state index in [0.717, 1.165) is 0 Å². The van der Waals surface area contributed by atoms with Crippen LogP contribution in [0.2, 0.25) is 5.15 Å². The summed E-state index contributed by atoms with van der Waals surface area (Å²) in [5, 5.41) is 27.4. The first-order valence-electron chi connectivity index (χ1n) is 3.95. The van der Waals surface area contributed by atoms with Gasteiger partial charge in [0.05, 0.1) is 18.0 Å². The first-order chi connectivity index (χ1) is 6.56. The van der Waals surface area contributed by atoms with Crippen molar-refractivity contribution in [3.05, 3.63) is 23.0 Å². The molecule has 1 rings (SSSR count). The summed E-state index contributed by atoms with van der Waals surface area (Å²) in [4.78, 5) is 3.76. The highest BCUT2D eigenvalue weighted by Gasteiger charge is 2.21. The van der Waals surface area contributed by atoms with Crippen LogP contribution in [0.1, 0.15) is 11.8 Å². The molecule has 0 aromatic carbocycles. The van der Waals surface area contributed by atoms with E-state index in [1.54, 1.807) is 0 Å². The lowest BCUT2D eigenvalue weighted by molar-refractivity contribution is -0.0168. The normalized spacial score (nSPS) is 15.1. The topological polar surface area (TPSA) is 99.6 Å². The molecule has 5 N–H and O–H groups in total. The highest BCUT2D eigenvalue weighted by Crippen LogP contribution is 2.22. The monoisotopic (exact) mass is 218 g/mol. The minimum Gasteiger partial charge on any atom is -0.397 e. The number of aliphatic hydroxyl groups excluding tert-OH is 3. The second-order valence-corrected chi connectivity index (χ2v) is 3.19. The molecule has 0 amide bonds. The SMILES string of the molecule is Nc1ccc(Cl)nc1C(O)C(O)CO. The minimum absolute atomic E-state index is 0.0686. The lowest BCUT2D eigenvalue weighted by Gasteiger charge is -2.16. The molecule has 0 fully saturated rings. The predicted molar refractivity (Wildman–Crippen MR) is 51.7 cm³/mol. The van der Waals surface area contributed by atoms with Gasteiger partial charge in [-0.05, 0) is 12.1 Å². The van der Waals surface area contributed by atoms with Crippen molar-refractivity contribution < 1.29 is 15.3 Å². The molecule has 0 saturated carbocycles. The lowest BCUT2D eigenvalue weighted by atomic mass is 10.1. The molecular formula is C8H11ClN2O3. The fourth-order valence-corrected chi connectivity index (χ4v) is 1.13. The Morgan fingerprint density at radius 1 is 1.43 bits per heavy atom. The summed E-state index contributed by atoms with van der Waals surface area (Å²) in [5.74, 6) is 0. The fourth-order valence-electron chi connectivity index (χ4n) is 0.980. The third kappa shape index (κ3) is 2.33. The summed E-state index contributed by atoms with van der Waals surface area (Å²) >= 11 is 5.59. The van der Waals surface area contributed by atoms with Gasteiger partial charge in [-0.2, -0.15) is 0 Å². The summed E-state index contributed by atoms with van der Waals surface area (Å²) in [5.41, 5.74) is 5.79. The molecule has 5 nitrogen and oxygen atoms in total. The van der Waals surface area contributed by atoms with Crippen molar-refractivity contribution in [2.45, 2.75) is 12.2 Å². The standard InChI is InChI=1S/C8H11ClN2O3/c9-6-2-1-4(10)7(11-6)8(14)5(13)3-12/h1-2,5,8,12-14H,3,10H2. The Kier molecular flexibility index (Phi) is 3.65. The van der Waals surface area contributed by atoms with Crippen molar-refractivity contribution in [3.63, 3.8) is 0 Å². The van der Waals surface area contributed by atoms with Crippen molar-refractivity contribution >= 4 is 17.3 Å². The molecular weight excluding hydrogens is 208 g/mol. The fraction of sp³-hybridized carbons (Fsp3) is 0.375. The Bertz CT molecular complexity index is 321. The second-order valence-electron chi connectivity index (χ2n) is 2.80. The first kappa shape index (κ1) is 11.2. The highest BCUT2D eigenvalue weighted by molar-refractivity contribution is 6.29. The molecule has 0 bridgehead atoms. The third-order valence-corrected chi connectivity index (χ3v) is 1.97. The highest BCUT2D eigenvalue weighted by atomic mass is 35.5. The van der Waals surface area contributed by atoms with Gasteiger partial charge < -0.3 is 21.1 Å². The molecule has 14 heavy (non-hydrogen) atoms. The summed E-state index contributed by atoms with van der Waals surface area (Å²) in [6.45, 7) is -0.575. The Morgan fingerprint density at radius 3 is 2.64 bits per heavy atom. The maximum absolute atomic E-state index is 9.48. The van der Waals surface area contributed by atoms with E-state index < -0.39 is 18.8 Å². The number of hydrogen-bond acceptors (Lipinski definition) is 5. The van der Waals surface area contributed by atoms with Gasteiger partial charge in [-0.25, -0.2) is 4.98 Å². The zero-order chi connectivity index (χ0) is 10.7. The van der Waals surface area contributed by atoms with Crippen molar-refractivity contribution in [2.24, 2.45) is 0 Å². The van der Waals surface area contributed by atoms with Crippen LogP contribution >= 0.6 is 11.6 Å². The molecule has 0 radical (unpaired) electrons. The predicted octanol–water partition coefficient (Wildman–Crippen LogP) is -0.296. The first-order valence-corrected chi connectivity index (χ1v) is 4.33. The van der Waals surface area contributed by atoms with E-state index in [9.17, 15) is 5.11 Å². The van der Waals surface area contributed by atoms with Gasteiger partial charge in [-0.3, -0.25) is 0 Å². The van der Waals surface area contributed by atoms with Gasteiger partial charge in [0.25, 0.3) is 0 Å². The van der Waals surface area contributed by atoms with Crippen LogP contribution in [0, 0.1) is 0 Å². The van der Waals surface area contributed by atoms with Crippen LogP contribution in [0.5, 0.6) is 0 Å². The smallest absolute Gasteiger partial charge is 0.129 e. The second kappa shape index (κ2) is 4.56. The Morgan fingerprint density at radius 2 is 2.07 bits per heavy atom. The van der Waals surface area contributed by atoms with Crippen molar-refractivity contribution in [1.29, 1.82) is 0 Å². The molecule has 0 aliphatic carbocycles. The van der Waals surface area contributed by atoms with E-state index in [1.807, 2.05) is 0 Å². The number of nitrogen functional groups attached to an aromatic ring is 1. The van der Waals surface area contributed by atoms with Crippen molar-refractivity contribution in [2.75, 3.05) is 12.3 Å². The van der Waals surface area contributed by atoms with Crippen LogP contribution in [0.3, 0.4) is 0 Å². The average molecular weight is 219 g/mol. The van der Waals surface area contributed by atoms with Gasteiger partial charge in [-0.15, -0.1) is 0 Å². The molecule has 6 heteroatoms. The van der Waals surface area contributed by atoms with Gasteiger partial charge >= 0.3 is 0 Å². The van der Waals surface area contributed by atoms with Gasteiger partial charge in [-0.1, -0.05) is 11.6 Å². The molecule has 0 aliphatic rings. The summed E-state index contributed by atoms with van der Waals surface area (Å²) < 4.78 is 0. The summed E-state index contributed by atoms with van der Waals surface area (Å²) in [6.07, 6.45) is -2.65. The van der Waals surface area contributed by atoms with E-state index in [1.165, 1.54) is 12.1 Å². The molecule has 2 atom stereocenters. The molecule has 2 unspecified atom stereocenters. The number of nitrogens with zero attached hydrogens (tertiary/aromatic N) is 1. The lowest BCUT2D eigenvalue weighted by Crippen LogP contribution is -2.23. The number of aliphatic hydroxyl groups is 3. The van der Waals surface area contributed by atoms with Crippen LogP contribution < -0.4 is 5.73 Å². The van der Waals surface area contributed by atoms with E-state index in [-0.39, 0.29) is 16.5 Å². The number of nitrogens with two attached hydrogens (primary N) is 1. The summed E-state index contributed by atoms with van der Waals surface area (Å²) in [6, 6.07) is 2.94. The molecule has 78 valence electrons. The van der Waals surface area contributed by atoms with Crippen LogP contribution in [0.15, 0.2) is 12.1 Å². The van der Waals surface area contributed by atoms with E-state index in [4.69, 9.17) is 27.5 Å². The van der Waals surface area contributed by atoms with Gasteiger partial charge in [0.15, 0.2) is 0 Å². The molecule has 0 aliphatic heterocycles. The molecule has 1 aromatic rings. The molecule has 0 saturated heterocycles. The van der Waals surface area contributed by atoms with Gasteiger partial charge in [0.2, 0.25) is 0 Å². The van der Waals surface area contributed by atoms with Crippen LogP contribution in [-0.4, -0.2) is 33.0 Å². The number of aromatic nitrogens is 1. The largest absolute Gasteiger partial charge is 0.397 e. The zero-order valence-corrected chi connectivity index (χ0v) is 8.02. The molecule has 0 spiro atoms. The van der Waals surface area contributed by atoms with E-state index in [0.29, 0.717) is 0 Å². The third-order valence-electron chi connectivity index (χ3n) is 1.76. The van der Waals surface area contributed by atoms with Crippen molar-refractivity contribution in [3.8, 4) is 0 Å². The van der Waals surface area contributed by atoms with Crippen LogP contribution in [0.4, 0.5) is 5.69 Å². The summed E-state index contributed by atoms with van der Waals surface area (Å²) in [7, 11) is 0.